The molecule has 3 aromatic carbocycles. The maximum Gasteiger partial charge on any atom is 0.166 e. The highest BCUT2D eigenvalue weighted by molar-refractivity contribution is 7.25. The lowest BCUT2D eigenvalue weighted by atomic mass is 9.91. The zero-order valence-electron chi connectivity index (χ0n) is 15.1. The van der Waals surface area contributed by atoms with Gasteiger partial charge >= 0.3 is 0 Å². The Morgan fingerprint density at radius 3 is 1.81 bits per heavy atom. The second-order valence-corrected chi connectivity index (χ2v) is 7.76. The van der Waals surface area contributed by atoms with Crippen LogP contribution in [0.2, 0.25) is 0 Å². The molecule has 2 nitrogen and oxygen atoms in total. The van der Waals surface area contributed by atoms with Crippen LogP contribution in [0, 0.1) is 0 Å². The SMILES string of the molecule is CCC(CC)(P=O)c1ccccc1-n1c2ccccc2c2ccccc21. The van der Waals surface area contributed by atoms with Gasteiger partial charge in [0, 0.05) is 10.8 Å². The molecule has 0 fully saturated rings. The minimum absolute atomic E-state index is 0.184. The van der Waals surface area contributed by atoms with Gasteiger partial charge < -0.3 is 4.57 Å². The predicted molar refractivity (Wildman–Crippen MR) is 111 cm³/mol. The molecule has 0 aliphatic carbocycles. The molecular formula is C23H22NOP. The first-order valence-corrected chi connectivity index (χ1v) is 9.99. The summed E-state index contributed by atoms with van der Waals surface area (Å²) in [7, 11) is 0.184. The zero-order valence-corrected chi connectivity index (χ0v) is 16.0. The summed E-state index contributed by atoms with van der Waals surface area (Å²) in [6.45, 7) is 4.24. The molecule has 1 aromatic heterocycles. The molecule has 130 valence electrons. The van der Waals surface area contributed by atoms with E-state index in [4.69, 9.17) is 0 Å². The van der Waals surface area contributed by atoms with Crippen molar-refractivity contribution < 1.29 is 4.57 Å². The van der Waals surface area contributed by atoms with Crippen LogP contribution in [0.1, 0.15) is 32.3 Å². The number of hydrogen-bond acceptors (Lipinski definition) is 1. The maximum atomic E-state index is 12.2. The van der Waals surface area contributed by atoms with Gasteiger partial charge in [-0.05, 0) is 36.6 Å². The Balaban J connectivity index is 2.14. The fraction of sp³-hybridized carbons (Fsp3) is 0.217. The molecule has 0 saturated heterocycles. The number of nitrogens with zero attached hydrogens (tertiary/aromatic N) is 1. The molecule has 0 aliphatic rings. The van der Waals surface area contributed by atoms with Crippen LogP contribution in [0.3, 0.4) is 0 Å². The van der Waals surface area contributed by atoms with Crippen molar-refractivity contribution in [2.45, 2.75) is 31.8 Å². The van der Waals surface area contributed by atoms with Gasteiger partial charge in [-0.3, -0.25) is 4.57 Å². The fourth-order valence-electron chi connectivity index (χ4n) is 4.05. The summed E-state index contributed by atoms with van der Waals surface area (Å²) in [6.07, 6.45) is 1.67. The topological polar surface area (TPSA) is 22.0 Å². The van der Waals surface area contributed by atoms with Crippen molar-refractivity contribution in [3.05, 3.63) is 78.4 Å². The number of fused-ring (bicyclic) bond motifs is 3. The Bertz CT molecular complexity index is 1040. The minimum atomic E-state index is -0.358. The minimum Gasteiger partial charge on any atom is -0.309 e. The van der Waals surface area contributed by atoms with E-state index >= 15 is 0 Å². The van der Waals surface area contributed by atoms with Gasteiger partial charge in [-0.25, -0.2) is 0 Å². The van der Waals surface area contributed by atoms with Crippen molar-refractivity contribution in [3.8, 4) is 5.69 Å². The van der Waals surface area contributed by atoms with Crippen molar-refractivity contribution >= 4 is 30.3 Å². The van der Waals surface area contributed by atoms with Gasteiger partial charge in [0.05, 0.1) is 21.9 Å². The van der Waals surface area contributed by atoms with E-state index in [0.29, 0.717) is 0 Å². The largest absolute Gasteiger partial charge is 0.309 e. The van der Waals surface area contributed by atoms with Crippen LogP contribution in [0.4, 0.5) is 0 Å². The average Bonchev–Trinajstić information content (AvgIpc) is 3.05. The lowest BCUT2D eigenvalue weighted by Crippen LogP contribution is -2.19. The van der Waals surface area contributed by atoms with Crippen molar-refractivity contribution in [2.24, 2.45) is 0 Å². The Morgan fingerprint density at radius 1 is 0.769 bits per heavy atom. The van der Waals surface area contributed by atoms with E-state index in [1.165, 1.54) is 21.8 Å². The van der Waals surface area contributed by atoms with Crippen LogP contribution >= 0.6 is 8.46 Å². The third-order valence-electron chi connectivity index (χ3n) is 5.57. The molecule has 0 atom stereocenters. The molecule has 0 bridgehead atoms. The van der Waals surface area contributed by atoms with E-state index in [1.807, 2.05) is 0 Å². The second-order valence-electron chi connectivity index (χ2n) is 6.72. The standard InChI is InChI=1S/C23H22NOP/c1-3-23(4-2,26-25)19-13-7-10-16-22(19)24-20-14-8-5-11-17(20)18-12-6-9-15-21(18)24/h5-16H,3-4H2,1-2H3. The molecule has 0 N–H and O–H groups in total. The Morgan fingerprint density at radius 2 is 1.27 bits per heavy atom. The summed E-state index contributed by atoms with van der Waals surface area (Å²) in [5, 5.41) is 2.13. The smallest absolute Gasteiger partial charge is 0.166 e. The van der Waals surface area contributed by atoms with Crippen molar-refractivity contribution in [3.63, 3.8) is 0 Å². The van der Waals surface area contributed by atoms with Crippen LogP contribution < -0.4 is 0 Å². The first-order chi connectivity index (χ1) is 12.8. The molecular weight excluding hydrogens is 337 g/mol. The number of rotatable bonds is 5. The number of benzene rings is 3. The summed E-state index contributed by atoms with van der Waals surface area (Å²) in [5.41, 5.74) is 4.64. The molecule has 0 aliphatic heterocycles. The summed E-state index contributed by atoms with van der Waals surface area (Å²) in [5.74, 6) is 0. The predicted octanol–water partition coefficient (Wildman–Crippen LogP) is 7.09. The van der Waals surface area contributed by atoms with E-state index in [1.54, 1.807) is 0 Å². The summed E-state index contributed by atoms with van der Waals surface area (Å²) >= 11 is 0. The maximum absolute atomic E-state index is 12.2. The van der Waals surface area contributed by atoms with Gasteiger partial charge in [0.1, 0.15) is 0 Å². The van der Waals surface area contributed by atoms with Gasteiger partial charge in [-0.15, -0.1) is 0 Å². The molecule has 26 heavy (non-hydrogen) atoms. The number of para-hydroxylation sites is 3. The summed E-state index contributed by atoms with van der Waals surface area (Å²) in [4.78, 5) is 0. The Labute approximate surface area is 155 Å². The molecule has 0 saturated carbocycles. The molecule has 0 radical (unpaired) electrons. The second kappa shape index (κ2) is 6.70. The normalized spacial score (nSPS) is 12.2. The lowest BCUT2D eigenvalue weighted by molar-refractivity contribution is 0.521. The van der Waals surface area contributed by atoms with Gasteiger partial charge in [0.2, 0.25) is 0 Å². The van der Waals surface area contributed by atoms with E-state index in [9.17, 15) is 4.57 Å². The Kier molecular flexibility index (Phi) is 4.38. The lowest BCUT2D eigenvalue weighted by Gasteiger charge is -2.27. The molecule has 0 amide bonds. The average molecular weight is 359 g/mol. The molecule has 1 heterocycles. The van der Waals surface area contributed by atoms with Crippen molar-refractivity contribution in [2.75, 3.05) is 0 Å². The van der Waals surface area contributed by atoms with E-state index < -0.39 is 0 Å². The zero-order chi connectivity index (χ0) is 18.1. The molecule has 0 spiro atoms. The van der Waals surface area contributed by atoms with E-state index in [0.717, 1.165) is 24.1 Å². The Hall–Kier alpha value is -2.44. The quantitative estimate of drug-likeness (QED) is 0.349. The molecule has 4 aromatic rings. The van der Waals surface area contributed by atoms with Crippen LogP contribution in [-0.4, -0.2) is 4.57 Å². The van der Waals surface area contributed by atoms with Gasteiger partial charge in [0.25, 0.3) is 0 Å². The number of aromatic nitrogens is 1. The third-order valence-corrected chi connectivity index (χ3v) is 6.79. The van der Waals surface area contributed by atoms with Crippen molar-refractivity contribution in [1.82, 2.24) is 4.57 Å². The van der Waals surface area contributed by atoms with Gasteiger partial charge in [-0.1, -0.05) is 68.4 Å². The van der Waals surface area contributed by atoms with Crippen LogP contribution in [0.15, 0.2) is 72.8 Å². The van der Waals surface area contributed by atoms with Gasteiger partial charge in [-0.2, -0.15) is 0 Å². The monoisotopic (exact) mass is 359 g/mol. The highest BCUT2D eigenvalue weighted by Crippen LogP contribution is 2.45. The van der Waals surface area contributed by atoms with Crippen LogP contribution in [0.25, 0.3) is 27.5 Å². The van der Waals surface area contributed by atoms with Crippen molar-refractivity contribution in [1.29, 1.82) is 0 Å². The first-order valence-electron chi connectivity index (χ1n) is 9.18. The van der Waals surface area contributed by atoms with E-state index in [-0.39, 0.29) is 13.6 Å². The molecule has 4 rings (SSSR count). The highest BCUT2D eigenvalue weighted by Gasteiger charge is 2.32. The summed E-state index contributed by atoms with van der Waals surface area (Å²) < 4.78 is 14.6. The highest BCUT2D eigenvalue weighted by atomic mass is 31.1. The van der Waals surface area contributed by atoms with Crippen LogP contribution in [-0.2, 0) is 9.72 Å². The fourth-order valence-corrected chi connectivity index (χ4v) is 4.60. The number of hydrogen-bond donors (Lipinski definition) is 0. The summed E-state index contributed by atoms with van der Waals surface area (Å²) in [6, 6.07) is 25.4. The molecule has 0 unspecified atom stereocenters. The molecule has 3 heteroatoms. The van der Waals surface area contributed by atoms with Crippen LogP contribution in [0.5, 0.6) is 0 Å². The van der Waals surface area contributed by atoms with E-state index in [2.05, 4.69) is 91.2 Å². The third kappa shape index (κ3) is 2.40. The van der Waals surface area contributed by atoms with Gasteiger partial charge in [0.15, 0.2) is 8.46 Å². The first kappa shape index (κ1) is 17.0.